The number of carbonyl (C=O) groups excluding carboxylic acids is 1. The number of ether oxygens (including phenoxy) is 1. The molecule has 0 spiro atoms. The molecule has 1 rings (SSSR count). The topological polar surface area (TPSA) is 70.1 Å². The first kappa shape index (κ1) is 15.5. The zero-order valence-electron chi connectivity index (χ0n) is 11.0. The fourth-order valence-corrected chi connectivity index (χ4v) is 2.23. The largest absolute Gasteiger partial charge is 0.480 e. The van der Waals surface area contributed by atoms with Gasteiger partial charge < -0.3 is 19.6 Å². The van der Waals surface area contributed by atoms with Gasteiger partial charge in [0.25, 0.3) is 0 Å². The van der Waals surface area contributed by atoms with Gasteiger partial charge in [-0.1, -0.05) is 0 Å². The van der Waals surface area contributed by atoms with Gasteiger partial charge in [-0.3, -0.25) is 4.79 Å². The van der Waals surface area contributed by atoms with E-state index in [1.165, 1.54) is 16.9 Å². The van der Waals surface area contributed by atoms with Crippen molar-refractivity contribution in [1.29, 1.82) is 0 Å². The van der Waals surface area contributed by atoms with Crippen LogP contribution in [0.25, 0.3) is 0 Å². The van der Waals surface area contributed by atoms with Gasteiger partial charge in [0.15, 0.2) is 0 Å². The molecule has 0 aliphatic carbocycles. The lowest BCUT2D eigenvalue weighted by Crippen LogP contribution is -2.44. The van der Waals surface area contributed by atoms with Crippen LogP contribution in [0, 0.1) is 0 Å². The Morgan fingerprint density at radius 2 is 2.21 bits per heavy atom. The zero-order valence-corrected chi connectivity index (χ0v) is 11.9. The fraction of sp³-hybridized carbons (Fsp3) is 0.500. The molecule has 0 radical (unpaired) electrons. The standard InChI is InChI=1S/C12H18N2O4S/c1-13(7-10-3-6-19-9-10)12(17)14(4-5-18-2)8-11(15)16/h3,6,9H,4-5,7-8H2,1-2H3,(H,15,16). The number of carboxylic acid groups (broad SMARTS) is 1. The van der Waals surface area contributed by atoms with Gasteiger partial charge in [-0.2, -0.15) is 11.3 Å². The van der Waals surface area contributed by atoms with Gasteiger partial charge in [0, 0.05) is 27.2 Å². The second kappa shape index (κ2) is 7.75. The van der Waals surface area contributed by atoms with Crippen LogP contribution >= 0.6 is 11.3 Å². The Kier molecular flexibility index (Phi) is 6.31. The summed E-state index contributed by atoms with van der Waals surface area (Å²) >= 11 is 1.56. The Morgan fingerprint density at radius 1 is 1.47 bits per heavy atom. The summed E-state index contributed by atoms with van der Waals surface area (Å²) < 4.78 is 4.89. The maximum atomic E-state index is 12.1. The Labute approximate surface area is 116 Å². The number of nitrogens with zero attached hydrogens (tertiary/aromatic N) is 2. The number of carboxylic acids is 1. The number of methoxy groups -OCH3 is 1. The quantitative estimate of drug-likeness (QED) is 0.821. The van der Waals surface area contributed by atoms with E-state index in [2.05, 4.69) is 0 Å². The molecule has 0 aromatic carbocycles. The number of thiophene rings is 1. The number of hydrogen-bond donors (Lipinski definition) is 1. The van der Waals surface area contributed by atoms with Crippen molar-refractivity contribution in [1.82, 2.24) is 9.80 Å². The molecular formula is C12H18N2O4S. The van der Waals surface area contributed by atoms with Crippen LogP contribution in [0.1, 0.15) is 5.56 Å². The van der Waals surface area contributed by atoms with Crippen molar-refractivity contribution in [2.24, 2.45) is 0 Å². The number of amides is 2. The molecule has 1 heterocycles. The van der Waals surface area contributed by atoms with Crippen LogP contribution < -0.4 is 0 Å². The lowest BCUT2D eigenvalue weighted by Gasteiger charge is -2.26. The van der Waals surface area contributed by atoms with E-state index in [1.807, 2.05) is 16.8 Å². The molecule has 19 heavy (non-hydrogen) atoms. The first-order valence-corrected chi connectivity index (χ1v) is 6.70. The third-order valence-corrected chi connectivity index (χ3v) is 3.22. The van der Waals surface area contributed by atoms with Crippen molar-refractivity contribution in [2.45, 2.75) is 6.54 Å². The first-order chi connectivity index (χ1) is 9.04. The average Bonchev–Trinajstić information content (AvgIpc) is 2.85. The smallest absolute Gasteiger partial charge is 0.323 e. The number of carbonyl (C=O) groups is 2. The lowest BCUT2D eigenvalue weighted by atomic mass is 10.3. The number of aliphatic carboxylic acids is 1. The van der Waals surface area contributed by atoms with E-state index in [0.29, 0.717) is 13.2 Å². The van der Waals surface area contributed by atoms with Crippen LogP contribution in [0.4, 0.5) is 4.79 Å². The molecule has 0 saturated carbocycles. The van der Waals surface area contributed by atoms with Gasteiger partial charge in [-0.05, 0) is 22.4 Å². The molecule has 0 unspecified atom stereocenters. The minimum absolute atomic E-state index is 0.260. The van der Waals surface area contributed by atoms with E-state index < -0.39 is 5.97 Å². The van der Waals surface area contributed by atoms with E-state index in [4.69, 9.17) is 9.84 Å². The van der Waals surface area contributed by atoms with E-state index >= 15 is 0 Å². The van der Waals surface area contributed by atoms with Gasteiger partial charge in [-0.25, -0.2) is 4.79 Å². The first-order valence-electron chi connectivity index (χ1n) is 5.76. The molecule has 0 fully saturated rings. The molecular weight excluding hydrogens is 268 g/mol. The molecule has 106 valence electrons. The highest BCUT2D eigenvalue weighted by Gasteiger charge is 2.20. The molecule has 7 heteroatoms. The third kappa shape index (κ3) is 5.27. The highest BCUT2D eigenvalue weighted by atomic mass is 32.1. The van der Waals surface area contributed by atoms with Crippen LogP contribution in [0.3, 0.4) is 0 Å². The van der Waals surface area contributed by atoms with Crippen LogP contribution in [0.2, 0.25) is 0 Å². The average molecular weight is 286 g/mol. The second-order valence-electron chi connectivity index (χ2n) is 4.08. The van der Waals surface area contributed by atoms with Crippen molar-refractivity contribution in [3.05, 3.63) is 22.4 Å². The van der Waals surface area contributed by atoms with Gasteiger partial charge in [0.1, 0.15) is 6.54 Å². The Hall–Kier alpha value is -1.60. The predicted octanol–water partition coefficient (Wildman–Crippen LogP) is 1.33. The summed E-state index contributed by atoms with van der Waals surface area (Å²) in [5.74, 6) is -1.03. The predicted molar refractivity (Wildman–Crippen MR) is 72.3 cm³/mol. The van der Waals surface area contributed by atoms with Gasteiger partial charge >= 0.3 is 12.0 Å². The number of hydrogen-bond acceptors (Lipinski definition) is 4. The maximum absolute atomic E-state index is 12.1. The molecule has 0 bridgehead atoms. The van der Waals surface area contributed by atoms with Gasteiger partial charge in [0.2, 0.25) is 0 Å². The molecule has 0 aliphatic heterocycles. The van der Waals surface area contributed by atoms with E-state index in [0.717, 1.165) is 5.56 Å². The highest BCUT2D eigenvalue weighted by molar-refractivity contribution is 7.07. The summed E-state index contributed by atoms with van der Waals surface area (Å²) in [5, 5.41) is 12.7. The van der Waals surface area contributed by atoms with Crippen molar-refractivity contribution in [3.8, 4) is 0 Å². The van der Waals surface area contributed by atoms with Gasteiger partial charge in [-0.15, -0.1) is 0 Å². The minimum Gasteiger partial charge on any atom is -0.480 e. The van der Waals surface area contributed by atoms with Crippen LogP contribution in [-0.2, 0) is 16.1 Å². The Morgan fingerprint density at radius 3 is 2.74 bits per heavy atom. The molecule has 1 aromatic rings. The summed E-state index contributed by atoms with van der Waals surface area (Å²) in [6.45, 7) is 0.711. The summed E-state index contributed by atoms with van der Waals surface area (Å²) in [6, 6.07) is 1.62. The van der Waals surface area contributed by atoms with E-state index in [9.17, 15) is 9.59 Å². The fourth-order valence-electron chi connectivity index (χ4n) is 1.57. The van der Waals surface area contributed by atoms with Crippen molar-refractivity contribution < 1.29 is 19.4 Å². The maximum Gasteiger partial charge on any atom is 0.323 e. The highest BCUT2D eigenvalue weighted by Crippen LogP contribution is 2.09. The SMILES string of the molecule is COCCN(CC(=O)O)C(=O)N(C)Cc1ccsc1. The van der Waals surface area contributed by atoms with Crippen LogP contribution in [-0.4, -0.2) is 60.8 Å². The summed E-state index contributed by atoms with van der Waals surface area (Å²) in [6.07, 6.45) is 0. The molecule has 1 N–H and O–H groups in total. The summed E-state index contributed by atoms with van der Waals surface area (Å²) in [4.78, 5) is 25.7. The van der Waals surface area contributed by atoms with Crippen LogP contribution in [0.5, 0.6) is 0 Å². The van der Waals surface area contributed by atoms with Crippen molar-refractivity contribution >= 4 is 23.3 Å². The third-order valence-electron chi connectivity index (χ3n) is 2.49. The Bertz CT molecular complexity index is 408. The van der Waals surface area contributed by atoms with Crippen molar-refractivity contribution in [3.63, 3.8) is 0 Å². The Balaban J connectivity index is 2.60. The zero-order chi connectivity index (χ0) is 14.3. The second-order valence-corrected chi connectivity index (χ2v) is 4.86. The molecule has 2 amide bonds. The number of rotatable bonds is 7. The van der Waals surface area contributed by atoms with E-state index in [-0.39, 0.29) is 19.1 Å². The van der Waals surface area contributed by atoms with Crippen LogP contribution in [0.15, 0.2) is 16.8 Å². The van der Waals surface area contributed by atoms with E-state index in [1.54, 1.807) is 18.4 Å². The molecule has 1 aromatic heterocycles. The molecule has 6 nitrogen and oxygen atoms in total. The molecule has 0 atom stereocenters. The molecule has 0 saturated heterocycles. The number of urea groups is 1. The normalized spacial score (nSPS) is 10.2. The lowest BCUT2D eigenvalue weighted by molar-refractivity contribution is -0.137. The monoisotopic (exact) mass is 286 g/mol. The molecule has 0 aliphatic rings. The van der Waals surface area contributed by atoms with Crippen molar-refractivity contribution in [2.75, 3.05) is 33.9 Å². The summed E-state index contributed by atoms with van der Waals surface area (Å²) in [5.41, 5.74) is 1.03. The summed E-state index contributed by atoms with van der Waals surface area (Å²) in [7, 11) is 3.17. The minimum atomic E-state index is -1.03. The van der Waals surface area contributed by atoms with Gasteiger partial charge in [0.05, 0.1) is 6.61 Å².